The summed E-state index contributed by atoms with van der Waals surface area (Å²) in [5.41, 5.74) is 4.52. The molecular formula is C16H24NO2S2-. The van der Waals surface area contributed by atoms with Gasteiger partial charge in [0.25, 0.3) is 0 Å². The summed E-state index contributed by atoms with van der Waals surface area (Å²) in [7, 11) is 0. The first-order chi connectivity index (χ1) is 10.0. The number of benzene rings is 1. The van der Waals surface area contributed by atoms with Gasteiger partial charge in [0.05, 0.1) is 15.7 Å². The fraction of sp³-hybridized carbons (Fsp3) is 0.562. The van der Waals surface area contributed by atoms with E-state index in [1.54, 1.807) is 25.2 Å². The van der Waals surface area contributed by atoms with Gasteiger partial charge in [0, 0.05) is 5.25 Å². The summed E-state index contributed by atoms with van der Waals surface area (Å²) in [5, 5.41) is -0.231. The van der Waals surface area contributed by atoms with E-state index in [0.29, 0.717) is 0 Å². The minimum atomic E-state index is -1.87. The molecule has 0 N–H and O–H groups in total. The Morgan fingerprint density at radius 1 is 1.29 bits per heavy atom. The van der Waals surface area contributed by atoms with Crippen molar-refractivity contribution >= 4 is 32.6 Å². The lowest BCUT2D eigenvalue weighted by Crippen LogP contribution is -2.02. The summed E-state index contributed by atoms with van der Waals surface area (Å²) in [6, 6.07) is 6.67. The molecule has 21 heavy (non-hydrogen) atoms. The number of hydrogen-bond acceptors (Lipinski definition) is 4. The van der Waals surface area contributed by atoms with Crippen molar-refractivity contribution in [1.82, 2.24) is 4.98 Å². The summed E-state index contributed by atoms with van der Waals surface area (Å²) < 4.78 is 20.7. The van der Waals surface area contributed by atoms with E-state index in [1.807, 2.05) is 5.51 Å². The number of nitrogens with zero attached hydrogens (tertiary/aromatic N) is 1. The normalized spacial score (nSPS) is 12.2. The molecule has 3 nitrogen and oxygen atoms in total. The maximum Gasteiger partial charge on any atom is 0.0814 e. The highest BCUT2D eigenvalue weighted by Crippen LogP contribution is 2.19. The molecule has 0 saturated heterocycles. The number of aryl methyl sites for hydroxylation is 1. The average Bonchev–Trinajstić information content (AvgIpc) is 2.91. The summed E-state index contributed by atoms with van der Waals surface area (Å²) in [5.74, 6) is 0. The van der Waals surface area contributed by atoms with Gasteiger partial charge in [-0.3, -0.25) is 4.21 Å². The van der Waals surface area contributed by atoms with Crippen LogP contribution in [0.15, 0.2) is 23.7 Å². The summed E-state index contributed by atoms with van der Waals surface area (Å²) in [6.45, 7) is 5.51. The third kappa shape index (κ3) is 7.16. The molecule has 0 fully saturated rings. The van der Waals surface area contributed by atoms with Crippen LogP contribution >= 0.6 is 11.3 Å². The van der Waals surface area contributed by atoms with E-state index in [2.05, 4.69) is 30.1 Å². The van der Waals surface area contributed by atoms with Gasteiger partial charge in [-0.25, -0.2) is 4.98 Å². The van der Waals surface area contributed by atoms with Crippen LogP contribution in [0, 0.1) is 0 Å². The van der Waals surface area contributed by atoms with Crippen molar-refractivity contribution in [2.75, 3.05) is 0 Å². The SMILES string of the molecule is CC(C)S(=O)[O-].CCCCCCc1ccc2scnc2c1. The standard InChI is InChI=1S/C13H17NS.C3H8O2S/c1-2-3-4-5-6-11-7-8-13-12(9-11)14-10-15-13;1-3(2)6(4)5/h7-10H,2-6H2,1H3;3H,1-2H3,(H,4,5)/p-1. The van der Waals surface area contributed by atoms with Crippen LogP contribution in [0.3, 0.4) is 0 Å². The van der Waals surface area contributed by atoms with Crippen LogP contribution in [0.4, 0.5) is 0 Å². The van der Waals surface area contributed by atoms with E-state index >= 15 is 0 Å². The van der Waals surface area contributed by atoms with Gasteiger partial charge in [0.2, 0.25) is 0 Å². The first-order valence-electron chi connectivity index (χ1n) is 7.44. The van der Waals surface area contributed by atoms with E-state index < -0.39 is 11.1 Å². The van der Waals surface area contributed by atoms with Crippen LogP contribution in [-0.4, -0.2) is 19.0 Å². The van der Waals surface area contributed by atoms with Crippen LogP contribution in [-0.2, 0) is 17.5 Å². The lowest BCUT2D eigenvalue weighted by Gasteiger charge is -2.05. The Labute approximate surface area is 134 Å². The Kier molecular flexibility index (Phi) is 8.73. The monoisotopic (exact) mass is 326 g/mol. The van der Waals surface area contributed by atoms with Gasteiger partial charge >= 0.3 is 0 Å². The number of fused-ring (bicyclic) bond motifs is 1. The second kappa shape index (κ2) is 10.0. The Balaban J connectivity index is 0.000000315. The molecule has 2 aromatic rings. The summed E-state index contributed by atoms with van der Waals surface area (Å²) in [4.78, 5) is 4.34. The second-order valence-corrected chi connectivity index (χ2v) is 7.62. The second-order valence-electron chi connectivity index (χ2n) is 5.27. The molecule has 0 amide bonds. The van der Waals surface area contributed by atoms with E-state index in [0.717, 1.165) is 5.52 Å². The van der Waals surface area contributed by atoms with Crippen molar-refractivity contribution in [1.29, 1.82) is 0 Å². The van der Waals surface area contributed by atoms with E-state index in [-0.39, 0.29) is 5.25 Å². The Morgan fingerprint density at radius 3 is 2.62 bits per heavy atom. The number of hydrogen-bond donors (Lipinski definition) is 0. The molecule has 5 heteroatoms. The lowest BCUT2D eigenvalue weighted by molar-refractivity contribution is 0.528. The van der Waals surface area contributed by atoms with Gasteiger partial charge in [-0.2, -0.15) is 0 Å². The molecule has 118 valence electrons. The van der Waals surface area contributed by atoms with Gasteiger partial charge in [-0.05, 0) is 30.5 Å². The van der Waals surface area contributed by atoms with Gasteiger partial charge in [0.15, 0.2) is 0 Å². The highest BCUT2D eigenvalue weighted by Gasteiger charge is 1.98. The van der Waals surface area contributed by atoms with Crippen molar-refractivity contribution < 1.29 is 8.76 Å². The molecule has 2 rings (SSSR count). The fourth-order valence-electron chi connectivity index (χ4n) is 1.81. The minimum Gasteiger partial charge on any atom is -0.772 e. The Morgan fingerprint density at radius 2 is 2.00 bits per heavy atom. The third-order valence-electron chi connectivity index (χ3n) is 3.10. The topological polar surface area (TPSA) is 53.0 Å². The molecular weight excluding hydrogens is 302 g/mol. The van der Waals surface area contributed by atoms with Crippen molar-refractivity contribution in [3.05, 3.63) is 29.3 Å². The summed E-state index contributed by atoms with van der Waals surface area (Å²) in [6.07, 6.45) is 6.53. The molecule has 1 heterocycles. The van der Waals surface area contributed by atoms with Crippen LogP contribution < -0.4 is 0 Å². The van der Waals surface area contributed by atoms with Gasteiger partial charge in [-0.15, -0.1) is 11.3 Å². The van der Waals surface area contributed by atoms with Crippen LogP contribution in [0.5, 0.6) is 0 Å². The average molecular weight is 327 g/mol. The van der Waals surface area contributed by atoms with Gasteiger partial charge in [-0.1, -0.05) is 57.2 Å². The fourth-order valence-corrected chi connectivity index (χ4v) is 2.47. The van der Waals surface area contributed by atoms with Crippen LogP contribution in [0.2, 0.25) is 0 Å². The first kappa shape index (κ1) is 18.3. The van der Waals surface area contributed by atoms with E-state index in [4.69, 9.17) is 0 Å². The van der Waals surface area contributed by atoms with Gasteiger partial charge in [0.1, 0.15) is 0 Å². The Hall–Kier alpha value is -0.780. The molecule has 1 aromatic heterocycles. The quantitative estimate of drug-likeness (QED) is 0.571. The molecule has 0 bridgehead atoms. The lowest BCUT2D eigenvalue weighted by atomic mass is 10.1. The molecule has 1 atom stereocenters. The van der Waals surface area contributed by atoms with E-state index in [9.17, 15) is 8.76 Å². The Bertz CT molecular complexity index is 552. The number of rotatable bonds is 6. The summed E-state index contributed by atoms with van der Waals surface area (Å²) >= 11 is -0.150. The maximum atomic E-state index is 9.70. The van der Waals surface area contributed by atoms with Crippen molar-refractivity contribution in [2.45, 2.75) is 58.1 Å². The molecule has 0 aliphatic rings. The highest BCUT2D eigenvalue weighted by atomic mass is 32.2. The zero-order valence-corrected chi connectivity index (χ0v) is 14.6. The maximum absolute atomic E-state index is 9.70. The number of aromatic nitrogens is 1. The molecule has 0 aliphatic carbocycles. The van der Waals surface area contributed by atoms with Crippen LogP contribution in [0.25, 0.3) is 10.2 Å². The van der Waals surface area contributed by atoms with E-state index in [1.165, 1.54) is 42.4 Å². The van der Waals surface area contributed by atoms with Gasteiger partial charge < -0.3 is 4.55 Å². The molecule has 1 aromatic carbocycles. The zero-order chi connectivity index (χ0) is 15.7. The predicted molar refractivity (Wildman–Crippen MR) is 91.5 cm³/mol. The molecule has 0 aliphatic heterocycles. The number of unbranched alkanes of at least 4 members (excludes halogenated alkanes) is 3. The molecule has 0 saturated carbocycles. The first-order valence-corrected chi connectivity index (χ1v) is 9.46. The van der Waals surface area contributed by atoms with Crippen molar-refractivity contribution in [3.8, 4) is 0 Å². The highest BCUT2D eigenvalue weighted by molar-refractivity contribution is 7.79. The molecule has 0 spiro atoms. The van der Waals surface area contributed by atoms with Crippen LogP contribution in [0.1, 0.15) is 52.0 Å². The largest absolute Gasteiger partial charge is 0.772 e. The van der Waals surface area contributed by atoms with Crippen molar-refractivity contribution in [2.24, 2.45) is 0 Å². The minimum absolute atomic E-state index is 0.231. The number of thiazole rings is 1. The third-order valence-corrected chi connectivity index (χ3v) is 4.68. The zero-order valence-electron chi connectivity index (χ0n) is 13.0. The predicted octanol–water partition coefficient (Wildman–Crippen LogP) is 4.69. The van der Waals surface area contributed by atoms with Crippen molar-refractivity contribution in [3.63, 3.8) is 0 Å². The molecule has 1 unspecified atom stereocenters. The smallest absolute Gasteiger partial charge is 0.0814 e. The molecule has 0 radical (unpaired) electrons.